The molecule has 0 aromatic heterocycles. The van der Waals surface area contributed by atoms with Crippen molar-refractivity contribution in [3.05, 3.63) is 131 Å². The van der Waals surface area contributed by atoms with Crippen LogP contribution in [0.25, 0.3) is 0 Å². The average Bonchev–Trinajstić information content (AvgIpc) is 2.93. The van der Waals surface area contributed by atoms with Crippen LogP contribution in [0, 0.1) is 5.82 Å². The third-order valence-corrected chi connectivity index (χ3v) is 5.88. The maximum absolute atomic E-state index is 13.1. The maximum atomic E-state index is 13.1. The molecule has 4 aromatic carbocycles. The molecule has 0 fully saturated rings. The van der Waals surface area contributed by atoms with Crippen molar-refractivity contribution in [1.82, 2.24) is 5.32 Å². The lowest BCUT2D eigenvalue weighted by Gasteiger charge is -2.18. The Kier molecular flexibility index (Phi) is 9.07. The lowest BCUT2D eigenvalue weighted by atomic mass is 10.0. The highest BCUT2D eigenvalue weighted by atomic mass is 19.1. The first-order chi connectivity index (χ1) is 18.5. The van der Waals surface area contributed by atoms with E-state index >= 15 is 0 Å². The molecular weight excluding hydrogens is 483 g/mol. The van der Waals surface area contributed by atoms with Gasteiger partial charge in [-0.15, -0.1) is 0 Å². The van der Waals surface area contributed by atoms with Crippen LogP contribution in [0.1, 0.15) is 22.3 Å². The van der Waals surface area contributed by atoms with Crippen LogP contribution in [0.2, 0.25) is 0 Å². The summed E-state index contributed by atoms with van der Waals surface area (Å²) in [7, 11) is 0. The number of hydrogen-bond acceptors (Lipinski definition) is 4. The lowest BCUT2D eigenvalue weighted by Crippen LogP contribution is -2.46. The molecule has 0 saturated heterocycles. The van der Waals surface area contributed by atoms with E-state index in [0.717, 1.165) is 16.7 Å². The molecule has 194 valence electrons. The van der Waals surface area contributed by atoms with Crippen molar-refractivity contribution in [2.24, 2.45) is 5.73 Å². The molecular formula is C31H29FN2O4. The van der Waals surface area contributed by atoms with E-state index in [1.165, 1.54) is 24.3 Å². The molecule has 0 bridgehead atoms. The minimum atomic E-state index is -0.930. The summed E-state index contributed by atoms with van der Waals surface area (Å²) < 4.78 is 25.3. The Morgan fingerprint density at radius 1 is 0.711 bits per heavy atom. The van der Waals surface area contributed by atoms with Crippen LogP contribution < -0.4 is 20.5 Å². The van der Waals surface area contributed by atoms with Gasteiger partial charge >= 0.3 is 0 Å². The summed E-state index contributed by atoms with van der Waals surface area (Å²) in [6.07, 6.45) is 0.174. The van der Waals surface area contributed by atoms with E-state index < -0.39 is 11.9 Å². The largest absolute Gasteiger partial charge is 0.485 e. The van der Waals surface area contributed by atoms with Crippen LogP contribution in [0.3, 0.4) is 0 Å². The number of carbonyl (C=O) groups excluding carboxylic acids is 2. The third-order valence-electron chi connectivity index (χ3n) is 5.88. The summed E-state index contributed by atoms with van der Waals surface area (Å²) in [5.74, 6) is -0.351. The number of ether oxygens (including phenoxy) is 2. The van der Waals surface area contributed by atoms with Gasteiger partial charge in [0.25, 0.3) is 0 Å². The van der Waals surface area contributed by atoms with Crippen LogP contribution in [-0.2, 0) is 35.6 Å². The second-order valence-corrected chi connectivity index (χ2v) is 8.86. The van der Waals surface area contributed by atoms with Gasteiger partial charge in [-0.3, -0.25) is 9.59 Å². The number of rotatable bonds is 12. The Morgan fingerprint density at radius 3 is 1.84 bits per heavy atom. The van der Waals surface area contributed by atoms with Gasteiger partial charge < -0.3 is 20.5 Å². The first kappa shape index (κ1) is 26.4. The molecule has 0 spiro atoms. The first-order valence-corrected chi connectivity index (χ1v) is 12.3. The van der Waals surface area contributed by atoms with Crippen LogP contribution in [-0.4, -0.2) is 17.9 Å². The Hall–Kier alpha value is -4.65. The van der Waals surface area contributed by atoms with E-state index in [9.17, 15) is 14.0 Å². The first-order valence-electron chi connectivity index (χ1n) is 12.3. The summed E-state index contributed by atoms with van der Waals surface area (Å²) in [5.41, 5.74) is 8.98. The molecule has 0 aliphatic carbocycles. The molecule has 3 N–H and O–H groups in total. The molecule has 0 radical (unpaired) electrons. The minimum absolute atomic E-state index is 0.00175. The van der Waals surface area contributed by atoms with Crippen molar-refractivity contribution in [2.75, 3.05) is 0 Å². The predicted octanol–water partition coefficient (Wildman–Crippen LogP) is 4.74. The number of amides is 2. The zero-order chi connectivity index (χ0) is 26.7. The number of hydrogen-bond donors (Lipinski definition) is 2. The Labute approximate surface area is 221 Å². The molecule has 0 saturated carbocycles. The van der Waals surface area contributed by atoms with Crippen LogP contribution >= 0.6 is 0 Å². The van der Waals surface area contributed by atoms with Gasteiger partial charge in [0.15, 0.2) is 11.5 Å². The summed E-state index contributed by atoms with van der Waals surface area (Å²) in [6.45, 7) is 0.699. The van der Waals surface area contributed by atoms with Gasteiger partial charge in [0, 0.05) is 6.42 Å². The highest BCUT2D eigenvalue weighted by Crippen LogP contribution is 2.30. The molecule has 38 heavy (non-hydrogen) atoms. The van der Waals surface area contributed by atoms with Crippen molar-refractivity contribution >= 4 is 11.8 Å². The fourth-order valence-electron chi connectivity index (χ4n) is 3.87. The smallest absolute Gasteiger partial charge is 0.240 e. The highest BCUT2D eigenvalue weighted by Gasteiger charge is 2.20. The number of nitrogens with two attached hydrogens (primary N) is 1. The van der Waals surface area contributed by atoms with Gasteiger partial charge in [-0.1, -0.05) is 78.9 Å². The van der Waals surface area contributed by atoms with Crippen molar-refractivity contribution in [3.63, 3.8) is 0 Å². The number of primary amides is 1. The van der Waals surface area contributed by atoms with E-state index in [0.29, 0.717) is 30.3 Å². The van der Waals surface area contributed by atoms with E-state index in [1.807, 2.05) is 66.7 Å². The number of nitrogens with one attached hydrogen (secondary N) is 1. The second-order valence-electron chi connectivity index (χ2n) is 8.86. The molecule has 0 aliphatic rings. The average molecular weight is 513 g/mol. The maximum Gasteiger partial charge on any atom is 0.240 e. The molecule has 4 rings (SSSR count). The van der Waals surface area contributed by atoms with Crippen molar-refractivity contribution in [2.45, 2.75) is 32.1 Å². The topological polar surface area (TPSA) is 90.7 Å². The summed E-state index contributed by atoms with van der Waals surface area (Å²) in [5, 5.41) is 2.69. The Morgan fingerprint density at radius 2 is 1.26 bits per heavy atom. The number of benzene rings is 4. The third kappa shape index (κ3) is 7.93. The fourth-order valence-corrected chi connectivity index (χ4v) is 3.87. The molecule has 0 unspecified atom stereocenters. The van der Waals surface area contributed by atoms with Crippen molar-refractivity contribution in [3.8, 4) is 11.5 Å². The van der Waals surface area contributed by atoms with Gasteiger partial charge in [-0.2, -0.15) is 0 Å². The fraction of sp³-hybridized carbons (Fsp3) is 0.161. The zero-order valence-electron chi connectivity index (χ0n) is 20.8. The van der Waals surface area contributed by atoms with Crippen LogP contribution in [0.5, 0.6) is 11.5 Å². The molecule has 2 amide bonds. The van der Waals surface area contributed by atoms with Crippen LogP contribution in [0.15, 0.2) is 103 Å². The van der Waals surface area contributed by atoms with E-state index in [2.05, 4.69) is 5.32 Å². The Bertz CT molecular complexity index is 1350. The van der Waals surface area contributed by atoms with E-state index in [1.54, 1.807) is 12.1 Å². The van der Waals surface area contributed by atoms with Crippen LogP contribution in [0.4, 0.5) is 4.39 Å². The van der Waals surface area contributed by atoms with E-state index in [-0.39, 0.29) is 24.6 Å². The minimum Gasteiger partial charge on any atom is -0.485 e. The SMILES string of the molecule is NC(=O)[C@H](Cc1ccc(OCc2ccccc2)c(OCc2ccccc2)c1)NC(=O)Cc1ccc(F)cc1. The molecule has 4 aromatic rings. The standard InChI is InChI=1S/C31H29FN2O4/c32-26-14-11-22(12-15-26)19-30(35)34-27(31(33)36)17-25-13-16-28(37-20-23-7-3-1-4-8-23)29(18-25)38-21-24-9-5-2-6-10-24/h1-16,18,27H,17,19-21H2,(H2,33,36)(H,34,35)/t27-/m0/s1. The van der Waals surface area contributed by atoms with Gasteiger partial charge in [-0.05, 0) is 46.5 Å². The molecule has 7 heteroatoms. The van der Waals surface area contributed by atoms with Crippen molar-refractivity contribution < 1.29 is 23.5 Å². The zero-order valence-corrected chi connectivity index (χ0v) is 20.8. The number of halogens is 1. The summed E-state index contributed by atoms with van der Waals surface area (Å²) in [4.78, 5) is 24.7. The monoisotopic (exact) mass is 512 g/mol. The lowest BCUT2D eigenvalue weighted by molar-refractivity contribution is -0.127. The molecule has 0 aliphatic heterocycles. The normalized spacial score (nSPS) is 11.4. The Balaban J connectivity index is 1.47. The molecule has 1 atom stereocenters. The highest BCUT2D eigenvalue weighted by molar-refractivity contribution is 5.87. The number of carbonyl (C=O) groups is 2. The van der Waals surface area contributed by atoms with Gasteiger partial charge in [0.05, 0.1) is 6.42 Å². The van der Waals surface area contributed by atoms with Gasteiger partial charge in [0.2, 0.25) is 11.8 Å². The second kappa shape index (κ2) is 13.1. The van der Waals surface area contributed by atoms with Crippen molar-refractivity contribution in [1.29, 1.82) is 0 Å². The predicted molar refractivity (Wildman–Crippen MR) is 143 cm³/mol. The summed E-state index contributed by atoms with van der Waals surface area (Å²) >= 11 is 0. The van der Waals surface area contributed by atoms with Gasteiger partial charge in [0.1, 0.15) is 25.1 Å². The van der Waals surface area contributed by atoms with Gasteiger partial charge in [-0.25, -0.2) is 4.39 Å². The quantitative estimate of drug-likeness (QED) is 0.287. The summed E-state index contributed by atoms with van der Waals surface area (Å²) in [6, 6.07) is 29.6. The molecule has 0 heterocycles. The van der Waals surface area contributed by atoms with E-state index in [4.69, 9.17) is 15.2 Å². The molecule has 6 nitrogen and oxygen atoms in total.